The fraction of sp³-hybridized carbons (Fsp3) is 0.750. The molecule has 0 aromatic carbocycles. The summed E-state index contributed by atoms with van der Waals surface area (Å²) in [6, 6.07) is -2.19. The van der Waals surface area contributed by atoms with Gasteiger partial charge >= 0.3 is 11.9 Å². The van der Waals surface area contributed by atoms with Gasteiger partial charge in [-0.25, -0.2) is 0 Å². The first-order valence-electron chi connectivity index (χ1n) is 10.3. The van der Waals surface area contributed by atoms with Gasteiger partial charge in [-0.1, -0.05) is 50.8 Å². The highest BCUT2D eigenvalue weighted by Gasteiger charge is 2.23. The van der Waals surface area contributed by atoms with Crippen LogP contribution in [0.25, 0.3) is 0 Å². The minimum Gasteiger partial charge on any atom is -0.481 e. The Kier molecular flexibility index (Phi) is 15.7. The molecule has 0 spiro atoms. The third-order valence-electron chi connectivity index (χ3n) is 4.45. The van der Waals surface area contributed by atoms with Crippen molar-refractivity contribution in [2.45, 2.75) is 89.6 Å². The number of hydrogen-bond acceptors (Lipinski definition) is 7. The van der Waals surface area contributed by atoms with E-state index < -0.39 is 35.7 Å². The molecule has 0 aliphatic carbocycles. The topological polar surface area (TPSA) is 164 Å². The number of carboxylic acids is 2. The Balaban J connectivity index is 4.53. The molecule has 10 heteroatoms. The highest BCUT2D eigenvalue weighted by molar-refractivity contribution is 8.13. The van der Waals surface area contributed by atoms with E-state index in [1.165, 1.54) is 6.42 Å². The molecule has 0 saturated carbocycles. The van der Waals surface area contributed by atoms with Gasteiger partial charge in [0.2, 0.25) is 5.91 Å². The Morgan fingerprint density at radius 2 is 1.53 bits per heavy atom. The molecule has 5 N–H and O–H groups in total. The van der Waals surface area contributed by atoms with Crippen LogP contribution in [-0.4, -0.2) is 56.8 Å². The van der Waals surface area contributed by atoms with Crippen LogP contribution in [0.2, 0.25) is 0 Å². The van der Waals surface area contributed by atoms with E-state index >= 15 is 0 Å². The number of thioether (sulfide) groups is 1. The maximum atomic E-state index is 12.3. The van der Waals surface area contributed by atoms with Crippen LogP contribution in [0.1, 0.15) is 77.6 Å². The second-order valence-electron chi connectivity index (χ2n) is 7.16. The maximum absolute atomic E-state index is 12.3. The van der Waals surface area contributed by atoms with E-state index in [4.69, 9.17) is 15.9 Å². The fourth-order valence-electron chi connectivity index (χ4n) is 2.59. The molecule has 0 saturated heterocycles. The van der Waals surface area contributed by atoms with Crippen molar-refractivity contribution >= 4 is 40.5 Å². The van der Waals surface area contributed by atoms with Gasteiger partial charge in [0.1, 0.15) is 6.04 Å². The van der Waals surface area contributed by atoms with Crippen LogP contribution in [-0.2, 0) is 24.0 Å². The number of nitrogens with one attached hydrogen (secondary N) is 1. The molecular formula is C20H34N2O7S. The Morgan fingerprint density at radius 3 is 2.13 bits per heavy atom. The maximum Gasteiger partial charge on any atom is 0.320 e. The van der Waals surface area contributed by atoms with Gasteiger partial charge in [-0.3, -0.25) is 24.0 Å². The number of carbonyl (C=O) groups excluding carboxylic acids is 3. The SMILES string of the molecule is CCCCCCCCC(=O)SC[C@H](NC(=O)CC[C@H](N)C(=O)O)C(=O)CCC(=O)O. The van der Waals surface area contributed by atoms with Crippen molar-refractivity contribution in [3.63, 3.8) is 0 Å². The lowest BCUT2D eigenvalue weighted by Crippen LogP contribution is -2.43. The van der Waals surface area contributed by atoms with Crippen LogP contribution < -0.4 is 11.1 Å². The number of hydrogen-bond donors (Lipinski definition) is 4. The zero-order valence-corrected chi connectivity index (χ0v) is 18.4. The Bertz CT molecular complexity index is 584. The van der Waals surface area contributed by atoms with E-state index in [1.54, 1.807) is 0 Å². The largest absolute Gasteiger partial charge is 0.481 e. The lowest BCUT2D eigenvalue weighted by Gasteiger charge is -2.17. The van der Waals surface area contributed by atoms with E-state index in [1.807, 2.05) is 0 Å². The number of amides is 1. The standard InChI is InChI=1S/C20H34N2O7S/c1-2-3-4-5-6-7-8-19(27)30-13-15(16(23)10-12-18(25)26)22-17(24)11-9-14(21)20(28)29/h14-15H,2-13,21H2,1H3,(H,22,24)(H,25,26)(H,28,29)/t14-,15-/m0/s1. The smallest absolute Gasteiger partial charge is 0.320 e. The third kappa shape index (κ3) is 15.0. The number of carboxylic acid groups (broad SMARTS) is 2. The Hall–Kier alpha value is -1.94. The molecule has 0 radical (unpaired) electrons. The molecule has 1 amide bonds. The minimum atomic E-state index is -1.23. The second kappa shape index (κ2) is 16.8. The molecular weight excluding hydrogens is 412 g/mol. The first-order valence-corrected chi connectivity index (χ1v) is 11.3. The molecule has 0 fully saturated rings. The molecule has 0 aromatic rings. The minimum absolute atomic E-state index is 0.0177. The summed E-state index contributed by atoms with van der Waals surface area (Å²) >= 11 is 0.946. The summed E-state index contributed by atoms with van der Waals surface area (Å²) in [7, 11) is 0. The first kappa shape index (κ1) is 28.1. The second-order valence-corrected chi connectivity index (χ2v) is 8.24. The van der Waals surface area contributed by atoms with Crippen LogP contribution >= 0.6 is 11.8 Å². The van der Waals surface area contributed by atoms with E-state index in [-0.39, 0.29) is 36.6 Å². The molecule has 0 unspecified atom stereocenters. The number of ketones is 1. The molecule has 0 aromatic heterocycles. The first-order chi connectivity index (χ1) is 14.2. The van der Waals surface area contributed by atoms with Crippen molar-refractivity contribution in [2.75, 3.05) is 5.75 Å². The summed E-state index contributed by atoms with van der Waals surface area (Å²) in [5.74, 6) is -3.39. The third-order valence-corrected chi connectivity index (χ3v) is 5.48. The van der Waals surface area contributed by atoms with Gasteiger partial charge in [0.25, 0.3) is 0 Å². The summed E-state index contributed by atoms with van der Waals surface area (Å²) in [5.41, 5.74) is 5.36. The van der Waals surface area contributed by atoms with Crippen molar-refractivity contribution in [1.82, 2.24) is 5.32 Å². The predicted molar refractivity (Wildman–Crippen MR) is 114 cm³/mol. The van der Waals surface area contributed by atoms with Crippen molar-refractivity contribution in [3.05, 3.63) is 0 Å². The van der Waals surface area contributed by atoms with Crippen molar-refractivity contribution in [1.29, 1.82) is 0 Å². The highest BCUT2D eigenvalue weighted by Crippen LogP contribution is 2.14. The van der Waals surface area contributed by atoms with E-state index in [0.29, 0.717) is 6.42 Å². The number of carbonyl (C=O) groups is 5. The highest BCUT2D eigenvalue weighted by atomic mass is 32.2. The monoisotopic (exact) mass is 446 g/mol. The quantitative estimate of drug-likeness (QED) is 0.231. The van der Waals surface area contributed by atoms with Gasteiger partial charge in [0.05, 0.1) is 12.5 Å². The summed E-state index contributed by atoms with van der Waals surface area (Å²) in [4.78, 5) is 57.8. The average Bonchev–Trinajstić information content (AvgIpc) is 2.69. The van der Waals surface area contributed by atoms with Crippen molar-refractivity contribution in [3.8, 4) is 0 Å². The van der Waals surface area contributed by atoms with Crippen LogP contribution in [0.3, 0.4) is 0 Å². The average molecular weight is 447 g/mol. The van der Waals surface area contributed by atoms with Gasteiger partial charge in [0.15, 0.2) is 10.9 Å². The van der Waals surface area contributed by atoms with Gasteiger partial charge < -0.3 is 21.3 Å². The number of Topliss-reactive ketones (excluding diaryl/α,β-unsaturated/α-hetero) is 1. The number of aliphatic carboxylic acids is 2. The lowest BCUT2D eigenvalue weighted by molar-refractivity contribution is -0.139. The van der Waals surface area contributed by atoms with E-state index in [9.17, 15) is 24.0 Å². The normalized spacial score (nSPS) is 12.7. The van der Waals surface area contributed by atoms with Gasteiger partial charge in [-0.2, -0.15) is 0 Å². The Labute approximate surface area is 181 Å². The predicted octanol–water partition coefficient (Wildman–Crippen LogP) is 2.11. The molecule has 172 valence electrons. The molecule has 0 bridgehead atoms. The van der Waals surface area contributed by atoms with E-state index in [0.717, 1.165) is 43.9 Å². The van der Waals surface area contributed by atoms with Crippen LogP contribution in [0.5, 0.6) is 0 Å². The molecule has 0 heterocycles. The van der Waals surface area contributed by atoms with Crippen molar-refractivity contribution < 1.29 is 34.2 Å². The van der Waals surface area contributed by atoms with Crippen LogP contribution in [0.4, 0.5) is 0 Å². The molecule has 2 atom stereocenters. The number of rotatable bonds is 18. The molecule has 30 heavy (non-hydrogen) atoms. The molecule has 0 aliphatic heterocycles. The number of unbranched alkanes of at least 4 members (excludes halogenated alkanes) is 5. The van der Waals surface area contributed by atoms with Gasteiger partial charge in [0, 0.05) is 25.0 Å². The lowest BCUT2D eigenvalue weighted by atomic mass is 10.1. The summed E-state index contributed by atoms with van der Waals surface area (Å²) in [5, 5.41) is 19.9. The van der Waals surface area contributed by atoms with Crippen molar-refractivity contribution in [2.24, 2.45) is 5.73 Å². The zero-order chi connectivity index (χ0) is 22.9. The number of nitrogens with two attached hydrogens (primary N) is 1. The molecule has 0 rings (SSSR count). The van der Waals surface area contributed by atoms with E-state index in [2.05, 4.69) is 12.2 Å². The summed E-state index contributed by atoms with van der Waals surface area (Å²) in [6.45, 7) is 2.13. The molecule has 0 aliphatic rings. The zero-order valence-electron chi connectivity index (χ0n) is 17.6. The van der Waals surface area contributed by atoms with Crippen LogP contribution in [0, 0.1) is 0 Å². The Morgan fingerprint density at radius 1 is 0.900 bits per heavy atom. The summed E-state index contributed by atoms with van der Waals surface area (Å²) in [6.07, 6.45) is 5.77. The molecule has 9 nitrogen and oxygen atoms in total. The van der Waals surface area contributed by atoms with Gasteiger partial charge in [-0.15, -0.1) is 0 Å². The summed E-state index contributed by atoms with van der Waals surface area (Å²) < 4.78 is 0. The van der Waals surface area contributed by atoms with Crippen LogP contribution in [0.15, 0.2) is 0 Å². The van der Waals surface area contributed by atoms with Gasteiger partial charge in [-0.05, 0) is 12.8 Å². The fourth-order valence-corrected chi connectivity index (χ4v) is 3.50.